The number of anilines is 1. The van der Waals surface area contributed by atoms with Crippen molar-refractivity contribution in [2.45, 2.75) is 19.6 Å². The van der Waals surface area contributed by atoms with Gasteiger partial charge in [-0.1, -0.05) is 36.4 Å². The molecule has 2 aromatic carbocycles. The fraction of sp³-hybridized carbons (Fsp3) is 0.143. The second-order valence-corrected chi connectivity index (χ2v) is 6.01. The van der Waals surface area contributed by atoms with Gasteiger partial charge in [0.25, 0.3) is 5.91 Å². The van der Waals surface area contributed by atoms with Gasteiger partial charge in [0, 0.05) is 35.2 Å². The van der Waals surface area contributed by atoms with Crippen molar-refractivity contribution < 1.29 is 9.53 Å². The molecule has 0 aliphatic rings. The van der Waals surface area contributed by atoms with Crippen LogP contribution in [0.4, 0.5) is 5.69 Å². The minimum absolute atomic E-state index is 0.196. The number of amides is 1. The molecule has 3 rings (SSSR count). The van der Waals surface area contributed by atoms with E-state index in [2.05, 4.69) is 10.3 Å². The molecule has 0 aliphatic heterocycles. The third-order valence-electron chi connectivity index (χ3n) is 3.94. The molecule has 26 heavy (non-hydrogen) atoms. The Morgan fingerprint density at radius 3 is 2.54 bits per heavy atom. The van der Waals surface area contributed by atoms with Crippen LogP contribution < -0.4 is 15.8 Å². The van der Waals surface area contributed by atoms with E-state index in [-0.39, 0.29) is 11.9 Å². The quantitative estimate of drug-likeness (QED) is 0.708. The maximum atomic E-state index is 12.5. The molecule has 5 heteroatoms. The number of hydrogen-bond donors (Lipinski definition) is 2. The number of benzene rings is 2. The fourth-order valence-electron chi connectivity index (χ4n) is 2.55. The van der Waals surface area contributed by atoms with Crippen LogP contribution in [0.2, 0.25) is 0 Å². The minimum Gasteiger partial charge on any atom is -0.489 e. The third kappa shape index (κ3) is 4.46. The number of carbonyl (C=O) groups excluding carboxylic acids is 1. The summed E-state index contributed by atoms with van der Waals surface area (Å²) in [7, 11) is 0. The van der Waals surface area contributed by atoms with Crippen molar-refractivity contribution in [2.24, 2.45) is 5.73 Å². The van der Waals surface area contributed by atoms with E-state index in [4.69, 9.17) is 10.5 Å². The highest BCUT2D eigenvalue weighted by Gasteiger charge is 2.13. The minimum atomic E-state index is -0.211. The lowest BCUT2D eigenvalue weighted by atomic mass is 10.0. The lowest BCUT2D eigenvalue weighted by Gasteiger charge is -2.16. The van der Waals surface area contributed by atoms with E-state index >= 15 is 0 Å². The summed E-state index contributed by atoms with van der Waals surface area (Å²) in [4.78, 5) is 16.4. The van der Waals surface area contributed by atoms with Crippen molar-refractivity contribution >= 4 is 11.6 Å². The van der Waals surface area contributed by atoms with Gasteiger partial charge >= 0.3 is 0 Å². The van der Waals surface area contributed by atoms with E-state index in [1.54, 1.807) is 36.7 Å². The highest BCUT2D eigenvalue weighted by atomic mass is 16.5. The molecule has 0 bridgehead atoms. The van der Waals surface area contributed by atoms with Crippen LogP contribution in [0.3, 0.4) is 0 Å². The Balaban J connectivity index is 1.80. The molecule has 0 radical (unpaired) electrons. The van der Waals surface area contributed by atoms with Gasteiger partial charge < -0.3 is 15.8 Å². The Kier molecular flexibility index (Phi) is 5.61. The van der Waals surface area contributed by atoms with Gasteiger partial charge in [0.2, 0.25) is 0 Å². The van der Waals surface area contributed by atoms with Crippen molar-refractivity contribution in [3.05, 3.63) is 89.7 Å². The van der Waals surface area contributed by atoms with Crippen molar-refractivity contribution in [1.29, 1.82) is 0 Å². The first kappa shape index (κ1) is 17.6. The number of ether oxygens (including phenoxy) is 1. The topological polar surface area (TPSA) is 77.2 Å². The summed E-state index contributed by atoms with van der Waals surface area (Å²) in [5.74, 6) is 0.406. The number of nitrogens with two attached hydrogens (primary N) is 1. The van der Waals surface area contributed by atoms with E-state index < -0.39 is 0 Å². The lowest BCUT2D eigenvalue weighted by Crippen LogP contribution is -2.14. The fourth-order valence-corrected chi connectivity index (χ4v) is 2.55. The summed E-state index contributed by atoms with van der Waals surface area (Å²) in [5, 5.41) is 2.84. The van der Waals surface area contributed by atoms with Crippen molar-refractivity contribution in [3.63, 3.8) is 0 Å². The molecular weight excluding hydrogens is 326 g/mol. The van der Waals surface area contributed by atoms with Gasteiger partial charge in [-0.25, -0.2) is 0 Å². The average Bonchev–Trinajstić information content (AvgIpc) is 2.67. The number of nitrogens with zero attached hydrogens (tertiary/aromatic N) is 1. The van der Waals surface area contributed by atoms with Crippen LogP contribution in [-0.2, 0) is 6.61 Å². The molecule has 132 valence electrons. The van der Waals surface area contributed by atoms with Crippen LogP contribution in [0.15, 0.2) is 73.1 Å². The molecule has 0 fully saturated rings. The van der Waals surface area contributed by atoms with Gasteiger partial charge in [-0.05, 0) is 36.8 Å². The van der Waals surface area contributed by atoms with E-state index in [1.165, 1.54) is 0 Å². The van der Waals surface area contributed by atoms with E-state index in [0.717, 1.165) is 11.1 Å². The number of nitrogens with one attached hydrogen (secondary N) is 1. The summed E-state index contributed by atoms with van der Waals surface area (Å²) >= 11 is 0. The zero-order chi connectivity index (χ0) is 18.4. The molecule has 0 saturated carbocycles. The predicted octanol–water partition coefficient (Wildman–Crippen LogP) is 3.93. The molecular formula is C21H21N3O2. The lowest BCUT2D eigenvalue weighted by molar-refractivity contribution is 0.102. The number of pyridine rings is 1. The first-order chi connectivity index (χ1) is 12.6. The molecule has 5 nitrogen and oxygen atoms in total. The van der Waals surface area contributed by atoms with Crippen LogP contribution in [0.1, 0.15) is 34.5 Å². The molecule has 1 amide bonds. The molecule has 3 aromatic rings. The molecule has 1 heterocycles. The van der Waals surface area contributed by atoms with E-state index in [0.29, 0.717) is 23.6 Å². The van der Waals surface area contributed by atoms with E-state index in [1.807, 2.05) is 43.3 Å². The van der Waals surface area contributed by atoms with Gasteiger partial charge in [-0.3, -0.25) is 9.78 Å². The second-order valence-electron chi connectivity index (χ2n) is 6.01. The van der Waals surface area contributed by atoms with Crippen LogP contribution in [-0.4, -0.2) is 10.9 Å². The van der Waals surface area contributed by atoms with Crippen molar-refractivity contribution in [2.75, 3.05) is 5.32 Å². The monoisotopic (exact) mass is 347 g/mol. The zero-order valence-corrected chi connectivity index (χ0v) is 14.6. The number of rotatable bonds is 6. The summed E-state index contributed by atoms with van der Waals surface area (Å²) in [6.07, 6.45) is 3.26. The van der Waals surface area contributed by atoms with Crippen molar-refractivity contribution in [1.82, 2.24) is 4.98 Å². The molecule has 0 aliphatic carbocycles. The molecule has 1 atom stereocenters. The Morgan fingerprint density at radius 1 is 1.12 bits per heavy atom. The van der Waals surface area contributed by atoms with Crippen LogP contribution in [0, 0.1) is 0 Å². The van der Waals surface area contributed by atoms with Crippen LogP contribution in [0.5, 0.6) is 5.75 Å². The zero-order valence-electron chi connectivity index (χ0n) is 14.6. The molecule has 0 saturated heterocycles. The third-order valence-corrected chi connectivity index (χ3v) is 3.94. The molecule has 1 unspecified atom stereocenters. The number of carbonyl (C=O) groups is 1. The molecule has 3 N–H and O–H groups in total. The average molecular weight is 347 g/mol. The maximum Gasteiger partial charge on any atom is 0.255 e. The summed E-state index contributed by atoms with van der Waals surface area (Å²) in [6, 6.07) is 18.5. The van der Waals surface area contributed by atoms with Gasteiger partial charge in [0.1, 0.15) is 12.4 Å². The first-order valence-electron chi connectivity index (χ1n) is 8.41. The molecule has 1 aromatic heterocycles. The van der Waals surface area contributed by atoms with E-state index in [9.17, 15) is 4.79 Å². The second kappa shape index (κ2) is 8.27. The largest absolute Gasteiger partial charge is 0.489 e. The van der Waals surface area contributed by atoms with Gasteiger partial charge in [0.15, 0.2) is 0 Å². The summed E-state index contributed by atoms with van der Waals surface area (Å²) < 4.78 is 5.96. The predicted molar refractivity (Wildman–Crippen MR) is 102 cm³/mol. The maximum absolute atomic E-state index is 12.5. The SMILES string of the molecule is CC(N)c1ccc(C(=O)Nc2ccncc2)cc1OCc1ccccc1. The normalized spacial score (nSPS) is 11.6. The van der Waals surface area contributed by atoms with Gasteiger partial charge in [0.05, 0.1) is 0 Å². The van der Waals surface area contributed by atoms with Crippen molar-refractivity contribution in [3.8, 4) is 5.75 Å². The Hall–Kier alpha value is -3.18. The van der Waals surface area contributed by atoms with Gasteiger partial charge in [-0.15, -0.1) is 0 Å². The van der Waals surface area contributed by atoms with Gasteiger partial charge in [-0.2, -0.15) is 0 Å². The van der Waals surface area contributed by atoms with Crippen LogP contribution in [0.25, 0.3) is 0 Å². The molecule has 0 spiro atoms. The Morgan fingerprint density at radius 2 is 1.85 bits per heavy atom. The Bertz CT molecular complexity index is 865. The highest BCUT2D eigenvalue weighted by Crippen LogP contribution is 2.26. The Labute approximate surface area is 152 Å². The standard InChI is InChI=1S/C21H21N3O2/c1-15(22)19-8-7-17(21(25)24-18-9-11-23-12-10-18)13-20(19)26-14-16-5-3-2-4-6-16/h2-13,15H,14,22H2,1H3,(H,23,24,25). The number of aromatic nitrogens is 1. The first-order valence-corrected chi connectivity index (χ1v) is 8.41. The highest BCUT2D eigenvalue weighted by molar-refractivity contribution is 6.04. The smallest absolute Gasteiger partial charge is 0.255 e. The summed E-state index contributed by atoms with van der Waals surface area (Å²) in [6.45, 7) is 2.30. The summed E-state index contributed by atoms with van der Waals surface area (Å²) in [5.41, 5.74) is 9.16. The number of hydrogen-bond acceptors (Lipinski definition) is 4. The van der Waals surface area contributed by atoms with Crippen LogP contribution >= 0.6 is 0 Å².